The normalized spacial score (nSPS) is 21.0. The zero-order valence-corrected chi connectivity index (χ0v) is 23.9. The number of ether oxygens (including phenoxy) is 1. The number of hydrogen-bond acceptors (Lipinski definition) is 7. The molecule has 1 unspecified atom stereocenters. The van der Waals surface area contributed by atoms with Gasteiger partial charge in [-0.25, -0.2) is 0 Å². The molecule has 5 heterocycles. The third-order valence-electron chi connectivity index (χ3n) is 8.90. The van der Waals surface area contributed by atoms with Crippen LogP contribution in [-0.2, 0) is 25.9 Å². The van der Waals surface area contributed by atoms with Gasteiger partial charge in [-0.15, -0.1) is 0 Å². The van der Waals surface area contributed by atoms with Crippen molar-refractivity contribution >= 4 is 33.9 Å². The number of anilines is 2. The summed E-state index contributed by atoms with van der Waals surface area (Å²) in [5.41, 5.74) is 5.86. The Kier molecular flexibility index (Phi) is 6.72. The van der Waals surface area contributed by atoms with Crippen LogP contribution in [0.5, 0.6) is 6.01 Å². The molecule has 0 N–H and O–H groups in total. The maximum Gasteiger partial charge on any atom is 0.318 e. The highest BCUT2D eigenvalue weighted by atomic mass is 35.5. The molecular weight excluding hydrogens is 520 g/mol. The van der Waals surface area contributed by atoms with E-state index in [2.05, 4.69) is 59.0 Å². The quantitative estimate of drug-likeness (QED) is 0.315. The lowest BCUT2D eigenvalue weighted by molar-refractivity contribution is 0.187. The summed E-state index contributed by atoms with van der Waals surface area (Å²) in [4.78, 5) is 22.0. The Morgan fingerprint density at radius 1 is 1.00 bits per heavy atom. The zero-order valence-electron chi connectivity index (χ0n) is 23.2. The molecule has 3 aliphatic heterocycles. The van der Waals surface area contributed by atoms with E-state index >= 15 is 0 Å². The lowest BCUT2D eigenvalue weighted by atomic mass is 9.96. The molecule has 4 aromatic rings. The fourth-order valence-electron chi connectivity index (χ4n) is 6.63. The van der Waals surface area contributed by atoms with Crippen molar-refractivity contribution in [2.75, 3.05) is 36.5 Å². The predicted octanol–water partition coefficient (Wildman–Crippen LogP) is 5.67. The standard InChI is InChI=1S/C32H35ClN6O/c1-21-17-23-9-5-14-34-27(23)19-39(21)31-25-13-16-38(29-12-4-8-22-7-3-11-26(33)30(22)29)18-28(25)35-32(36-31)40-20-24-10-6-15-37(24)2/h3-5,7-9,11-12,14,21,24H,6,10,13,15-20H2,1-2H3/t21?,24-/m0/s1. The Hall–Kier alpha value is -3.42. The lowest BCUT2D eigenvalue weighted by Gasteiger charge is -2.38. The molecule has 2 aromatic carbocycles. The molecule has 7 nitrogen and oxygen atoms in total. The maximum absolute atomic E-state index is 6.72. The molecule has 0 bridgehead atoms. The highest BCUT2D eigenvalue weighted by molar-refractivity contribution is 6.36. The molecule has 7 rings (SSSR count). The summed E-state index contributed by atoms with van der Waals surface area (Å²) in [7, 11) is 2.17. The Morgan fingerprint density at radius 2 is 1.88 bits per heavy atom. The number of rotatable bonds is 5. The number of likely N-dealkylation sites (tertiary alicyclic amines) is 1. The average Bonchev–Trinajstić information content (AvgIpc) is 3.39. The van der Waals surface area contributed by atoms with Gasteiger partial charge in [-0.05, 0) is 75.3 Å². The molecule has 8 heteroatoms. The van der Waals surface area contributed by atoms with E-state index in [0.717, 1.165) is 77.6 Å². The van der Waals surface area contributed by atoms with E-state index < -0.39 is 0 Å². The van der Waals surface area contributed by atoms with Crippen molar-refractivity contribution in [3.05, 3.63) is 82.3 Å². The number of likely N-dealkylation sites (N-methyl/N-ethyl adjacent to an activating group) is 1. The Labute approximate surface area is 240 Å². The molecule has 1 saturated heterocycles. The maximum atomic E-state index is 6.72. The largest absolute Gasteiger partial charge is 0.462 e. The molecule has 0 saturated carbocycles. The van der Waals surface area contributed by atoms with Crippen LogP contribution in [0, 0.1) is 0 Å². The van der Waals surface area contributed by atoms with Crippen molar-refractivity contribution in [3.63, 3.8) is 0 Å². The second kappa shape index (κ2) is 10.5. The van der Waals surface area contributed by atoms with E-state index in [-0.39, 0.29) is 0 Å². The van der Waals surface area contributed by atoms with Gasteiger partial charge in [-0.1, -0.05) is 41.9 Å². The molecule has 3 aliphatic rings. The van der Waals surface area contributed by atoms with E-state index in [1.54, 1.807) is 0 Å². The van der Waals surface area contributed by atoms with Crippen molar-refractivity contribution in [1.82, 2.24) is 19.9 Å². The Morgan fingerprint density at radius 3 is 2.73 bits per heavy atom. The molecule has 2 atom stereocenters. The first-order valence-electron chi connectivity index (χ1n) is 14.4. The number of aromatic nitrogens is 3. The molecule has 40 heavy (non-hydrogen) atoms. The third kappa shape index (κ3) is 4.65. The molecule has 0 spiro atoms. The number of nitrogens with zero attached hydrogens (tertiary/aromatic N) is 6. The first-order chi connectivity index (χ1) is 19.5. The van der Waals surface area contributed by atoms with Crippen LogP contribution >= 0.6 is 11.6 Å². The van der Waals surface area contributed by atoms with Crippen LogP contribution in [0.3, 0.4) is 0 Å². The number of benzene rings is 2. The first kappa shape index (κ1) is 25.5. The molecule has 0 aliphatic carbocycles. The molecule has 0 amide bonds. The van der Waals surface area contributed by atoms with Gasteiger partial charge in [0, 0.05) is 41.5 Å². The zero-order chi connectivity index (χ0) is 27.2. The second-order valence-electron chi connectivity index (χ2n) is 11.4. The number of halogens is 1. The van der Waals surface area contributed by atoms with Gasteiger partial charge in [0.2, 0.25) is 0 Å². The summed E-state index contributed by atoms with van der Waals surface area (Å²) >= 11 is 6.72. The van der Waals surface area contributed by atoms with Crippen molar-refractivity contribution in [2.24, 2.45) is 0 Å². The number of pyridine rings is 1. The van der Waals surface area contributed by atoms with Crippen LogP contribution < -0.4 is 14.5 Å². The summed E-state index contributed by atoms with van der Waals surface area (Å²) < 4.78 is 6.35. The van der Waals surface area contributed by atoms with Crippen LogP contribution in [-0.4, -0.2) is 58.7 Å². The van der Waals surface area contributed by atoms with Crippen LogP contribution in [0.4, 0.5) is 11.5 Å². The summed E-state index contributed by atoms with van der Waals surface area (Å²) in [6.45, 7) is 6.31. The minimum absolute atomic E-state index is 0.305. The van der Waals surface area contributed by atoms with E-state index in [9.17, 15) is 0 Å². The van der Waals surface area contributed by atoms with Crippen molar-refractivity contribution in [2.45, 2.75) is 57.8 Å². The predicted molar refractivity (Wildman–Crippen MR) is 160 cm³/mol. The van der Waals surface area contributed by atoms with E-state index in [1.807, 2.05) is 24.4 Å². The Bertz CT molecular complexity index is 1550. The van der Waals surface area contributed by atoms with Crippen molar-refractivity contribution < 1.29 is 4.74 Å². The Balaban J connectivity index is 1.26. The van der Waals surface area contributed by atoms with Gasteiger partial charge in [0.25, 0.3) is 0 Å². The number of fused-ring (bicyclic) bond motifs is 3. The second-order valence-corrected chi connectivity index (χ2v) is 11.8. The van der Waals surface area contributed by atoms with E-state index in [0.29, 0.717) is 31.2 Å². The average molecular weight is 555 g/mol. The smallest absolute Gasteiger partial charge is 0.318 e. The van der Waals surface area contributed by atoms with Crippen LogP contribution in [0.25, 0.3) is 10.8 Å². The monoisotopic (exact) mass is 554 g/mol. The first-order valence-corrected chi connectivity index (χ1v) is 14.8. The summed E-state index contributed by atoms with van der Waals surface area (Å²) in [5, 5.41) is 3.02. The molecule has 0 radical (unpaired) electrons. The highest BCUT2D eigenvalue weighted by Crippen LogP contribution is 2.38. The van der Waals surface area contributed by atoms with Crippen LogP contribution in [0.15, 0.2) is 54.7 Å². The van der Waals surface area contributed by atoms with E-state index in [1.165, 1.54) is 17.5 Å². The van der Waals surface area contributed by atoms with Gasteiger partial charge in [0.05, 0.1) is 29.5 Å². The van der Waals surface area contributed by atoms with Gasteiger partial charge < -0.3 is 19.4 Å². The highest BCUT2D eigenvalue weighted by Gasteiger charge is 2.32. The third-order valence-corrected chi connectivity index (χ3v) is 9.21. The SMILES string of the molecule is CC1Cc2cccnc2CN1c1nc(OC[C@@H]2CCCN2C)nc2c1CCN(c1cccc3cccc(Cl)c13)C2. The number of hydrogen-bond donors (Lipinski definition) is 0. The summed E-state index contributed by atoms with van der Waals surface area (Å²) in [6, 6.07) is 17.9. The molecule has 1 fully saturated rings. The molecule has 206 valence electrons. The summed E-state index contributed by atoms with van der Waals surface area (Å²) in [5.74, 6) is 0.999. The molecule has 2 aromatic heterocycles. The fraction of sp³-hybridized carbons (Fsp3) is 0.406. The molecular formula is C32H35ClN6O. The van der Waals surface area contributed by atoms with Gasteiger partial charge in [-0.3, -0.25) is 4.98 Å². The minimum atomic E-state index is 0.305. The van der Waals surface area contributed by atoms with Crippen molar-refractivity contribution in [3.8, 4) is 6.01 Å². The van der Waals surface area contributed by atoms with Gasteiger partial charge >= 0.3 is 6.01 Å². The van der Waals surface area contributed by atoms with E-state index in [4.69, 9.17) is 31.3 Å². The minimum Gasteiger partial charge on any atom is -0.462 e. The van der Waals surface area contributed by atoms with Crippen LogP contribution in [0.2, 0.25) is 5.02 Å². The van der Waals surface area contributed by atoms with Gasteiger partial charge in [0.1, 0.15) is 12.4 Å². The fourth-order valence-corrected chi connectivity index (χ4v) is 6.90. The van der Waals surface area contributed by atoms with Crippen molar-refractivity contribution in [1.29, 1.82) is 0 Å². The summed E-state index contributed by atoms with van der Waals surface area (Å²) in [6.07, 6.45) is 6.06. The van der Waals surface area contributed by atoms with Crippen LogP contribution in [0.1, 0.15) is 42.3 Å². The topological polar surface area (TPSA) is 57.6 Å². The lowest BCUT2D eigenvalue weighted by Crippen LogP contribution is -2.41. The van der Waals surface area contributed by atoms with Gasteiger partial charge in [-0.2, -0.15) is 9.97 Å². The van der Waals surface area contributed by atoms with Gasteiger partial charge in [0.15, 0.2) is 0 Å².